The molecule has 3 heterocycles. The van der Waals surface area contributed by atoms with Crippen molar-refractivity contribution in [3.63, 3.8) is 0 Å². The molecular formula is C42H26N2S. The number of fused-ring (bicyclic) bond motifs is 10. The maximum Gasteiger partial charge on any atom is 0.0720 e. The van der Waals surface area contributed by atoms with Crippen LogP contribution in [0.4, 0.5) is 0 Å². The van der Waals surface area contributed by atoms with Crippen LogP contribution < -0.4 is 0 Å². The summed E-state index contributed by atoms with van der Waals surface area (Å²) in [7, 11) is 0. The second-order valence-electron chi connectivity index (χ2n) is 11.7. The molecule has 3 aromatic heterocycles. The minimum Gasteiger partial charge on any atom is -0.309 e. The first-order chi connectivity index (χ1) is 22.3. The van der Waals surface area contributed by atoms with E-state index in [1.807, 2.05) is 11.3 Å². The molecule has 0 aliphatic rings. The average Bonchev–Trinajstić information content (AvgIpc) is 3.76. The van der Waals surface area contributed by atoms with Crippen LogP contribution in [0.15, 0.2) is 158 Å². The van der Waals surface area contributed by atoms with E-state index in [9.17, 15) is 0 Å². The van der Waals surface area contributed by atoms with E-state index < -0.39 is 0 Å². The Bertz CT molecular complexity index is 2740. The van der Waals surface area contributed by atoms with Gasteiger partial charge in [0.25, 0.3) is 0 Å². The van der Waals surface area contributed by atoms with Crippen molar-refractivity contribution in [3.8, 4) is 22.5 Å². The smallest absolute Gasteiger partial charge is 0.0720 e. The number of rotatable bonds is 3. The summed E-state index contributed by atoms with van der Waals surface area (Å²) in [6.07, 6.45) is 0. The molecule has 0 spiro atoms. The zero-order chi connectivity index (χ0) is 29.5. The van der Waals surface area contributed by atoms with Gasteiger partial charge in [-0.05, 0) is 65.7 Å². The highest BCUT2D eigenvalue weighted by atomic mass is 32.1. The minimum absolute atomic E-state index is 1.17. The van der Waals surface area contributed by atoms with Gasteiger partial charge in [0.15, 0.2) is 0 Å². The number of aromatic nitrogens is 2. The van der Waals surface area contributed by atoms with E-state index in [1.165, 1.54) is 86.3 Å². The number of hydrogen-bond acceptors (Lipinski definition) is 1. The Morgan fingerprint density at radius 2 is 0.956 bits per heavy atom. The summed E-state index contributed by atoms with van der Waals surface area (Å²) >= 11 is 1.91. The quantitative estimate of drug-likeness (QED) is 0.194. The van der Waals surface area contributed by atoms with Gasteiger partial charge in [-0.25, -0.2) is 0 Å². The second kappa shape index (κ2) is 9.43. The van der Waals surface area contributed by atoms with Crippen molar-refractivity contribution in [2.75, 3.05) is 0 Å². The van der Waals surface area contributed by atoms with Crippen LogP contribution >= 0.6 is 11.3 Å². The van der Waals surface area contributed by atoms with Gasteiger partial charge < -0.3 is 9.13 Å². The Kier molecular flexibility index (Phi) is 5.19. The summed E-state index contributed by atoms with van der Waals surface area (Å²) in [6.45, 7) is 0. The molecule has 0 N–H and O–H groups in total. The predicted octanol–water partition coefficient (Wildman–Crippen LogP) is 11.9. The summed E-state index contributed by atoms with van der Waals surface area (Å²) < 4.78 is 7.51. The molecule has 45 heavy (non-hydrogen) atoms. The molecule has 0 aliphatic carbocycles. The summed E-state index contributed by atoms with van der Waals surface area (Å²) in [4.78, 5) is 0. The van der Waals surface area contributed by atoms with E-state index in [1.54, 1.807) is 0 Å². The zero-order valence-electron chi connectivity index (χ0n) is 24.3. The van der Waals surface area contributed by atoms with E-state index in [0.717, 1.165) is 0 Å². The lowest BCUT2D eigenvalue weighted by molar-refractivity contribution is 1.18. The molecular weight excluding hydrogens is 565 g/mol. The van der Waals surface area contributed by atoms with Crippen molar-refractivity contribution in [2.45, 2.75) is 0 Å². The molecule has 0 radical (unpaired) electrons. The highest BCUT2D eigenvalue weighted by Crippen LogP contribution is 2.48. The normalized spacial score (nSPS) is 12.0. The molecule has 0 amide bonds. The van der Waals surface area contributed by atoms with Crippen molar-refractivity contribution in [1.82, 2.24) is 9.13 Å². The molecule has 2 nitrogen and oxygen atoms in total. The Morgan fingerprint density at radius 3 is 1.69 bits per heavy atom. The summed E-state index contributed by atoms with van der Waals surface area (Å²) in [6, 6.07) is 57.5. The van der Waals surface area contributed by atoms with E-state index in [-0.39, 0.29) is 0 Å². The van der Waals surface area contributed by atoms with E-state index in [2.05, 4.69) is 167 Å². The first-order valence-electron chi connectivity index (χ1n) is 15.4. The molecule has 0 aliphatic heterocycles. The van der Waals surface area contributed by atoms with Crippen LogP contribution in [-0.4, -0.2) is 9.13 Å². The number of benzene rings is 7. The van der Waals surface area contributed by atoms with Gasteiger partial charge in [-0.3, -0.25) is 0 Å². The number of thiophene rings is 1. The predicted molar refractivity (Wildman–Crippen MR) is 193 cm³/mol. The first-order valence-corrected chi connectivity index (χ1v) is 16.2. The van der Waals surface area contributed by atoms with Crippen LogP contribution in [0.2, 0.25) is 0 Å². The SMILES string of the molecule is c1ccc(-n2c3ccccc3c3ccc(-c4cc5c6ccccc6n(-c6ccccc6)c5c5sc6ccccc6c45)cc32)cc1. The summed E-state index contributed by atoms with van der Waals surface area (Å²) in [5.41, 5.74) is 9.82. The Morgan fingerprint density at radius 1 is 0.400 bits per heavy atom. The van der Waals surface area contributed by atoms with Gasteiger partial charge in [0.2, 0.25) is 0 Å². The van der Waals surface area contributed by atoms with E-state index in [0.29, 0.717) is 0 Å². The average molecular weight is 591 g/mol. The molecule has 0 bridgehead atoms. The second-order valence-corrected chi connectivity index (χ2v) is 12.8. The fraction of sp³-hybridized carbons (Fsp3) is 0. The van der Waals surface area contributed by atoms with E-state index in [4.69, 9.17) is 0 Å². The molecule has 0 saturated heterocycles. The fourth-order valence-corrected chi connectivity index (χ4v) is 8.66. The topological polar surface area (TPSA) is 9.86 Å². The fourth-order valence-electron chi connectivity index (χ4n) is 7.40. The monoisotopic (exact) mass is 590 g/mol. The third kappa shape index (κ3) is 3.50. The third-order valence-electron chi connectivity index (χ3n) is 9.30. The van der Waals surface area contributed by atoms with Crippen molar-refractivity contribution in [2.24, 2.45) is 0 Å². The standard InChI is InChI=1S/C42H26N2S/c1-3-13-28(14-4-1)43-36-20-10-7-17-30(36)32-24-23-27(25-38(32)43)34-26-35-31-18-8-11-21-37(31)44(29-15-5-2-6-16-29)41(35)42-40(34)33-19-9-12-22-39(33)45-42/h1-26H. The number of nitrogens with zero attached hydrogens (tertiary/aromatic N) is 2. The highest BCUT2D eigenvalue weighted by Gasteiger charge is 2.22. The maximum absolute atomic E-state index is 2.46. The van der Waals surface area contributed by atoms with Crippen molar-refractivity contribution >= 4 is 75.1 Å². The van der Waals surface area contributed by atoms with Crippen LogP contribution in [0.5, 0.6) is 0 Å². The molecule has 210 valence electrons. The molecule has 0 atom stereocenters. The largest absolute Gasteiger partial charge is 0.309 e. The molecule has 3 heteroatoms. The van der Waals surface area contributed by atoms with E-state index >= 15 is 0 Å². The number of para-hydroxylation sites is 4. The third-order valence-corrected chi connectivity index (χ3v) is 10.5. The van der Waals surface area contributed by atoms with Gasteiger partial charge in [-0.2, -0.15) is 0 Å². The van der Waals surface area contributed by atoms with Crippen LogP contribution in [0.3, 0.4) is 0 Å². The van der Waals surface area contributed by atoms with Crippen LogP contribution in [0.25, 0.3) is 86.3 Å². The summed E-state index contributed by atoms with van der Waals surface area (Å²) in [5.74, 6) is 0. The Hall–Kier alpha value is -5.64. The Balaban J connectivity index is 1.37. The van der Waals surface area contributed by atoms with Crippen LogP contribution in [0.1, 0.15) is 0 Å². The highest BCUT2D eigenvalue weighted by molar-refractivity contribution is 7.26. The number of hydrogen-bond donors (Lipinski definition) is 0. The lowest BCUT2D eigenvalue weighted by atomic mass is 9.96. The molecule has 10 rings (SSSR count). The van der Waals surface area contributed by atoms with Gasteiger partial charge in [0.1, 0.15) is 0 Å². The molecule has 10 aromatic rings. The lowest BCUT2D eigenvalue weighted by Gasteiger charge is -2.12. The van der Waals surface area contributed by atoms with Gasteiger partial charge in [0, 0.05) is 48.4 Å². The maximum atomic E-state index is 2.46. The zero-order valence-corrected chi connectivity index (χ0v) is 25.1. The van der Waals surface area contributed by atoms with Crippen molar-refractivity contribution in [1.29, 1.82) is 0 Å². The molecule has 0 fully saturated rings. The van der Waals surface area contributed by atoms with Gasteiger partial charge >= 0.3 is 0 Å². The van der Waals surface area contributed by atoms with Crippen LogP contribution in [-0.2, 0) is 0 Å². The van der Waals surface area contributed by atoms with Crippen LogP contribution in [0, 0.1) is 0 Å². The first kappa shape index (κ1) is 24.8. The molecule has 0 unspecified atom stereocenters. The van der Waals surface area contributed by atoms with Gasteiger partial charge in [-0.1, -0.05) is 103 Å². The molecule has 7 aromatic carbocycles. The van der Waals surface area contributed by atoms with Crippen molar-refractivity contribution < 1.29 is 0 Å². The Labute approximate surface area is 263 Å². The summed E-state index contributed by atoms with van der Waals surface area (Å²) in [5, 5.41) is 7.73. The van der Waals surface area contributed by atoms with Gasteiger partial charge in [-0.15, -0.1) is 11.3 Å². The lowest BCUT2D eigenvalue weighted by Crippen LogP contribution is -1.94. The van der Waals surface area contributed by atoms with Gasteiger partial charge in [0.05, 0.1) is 26.8 Å². The molecule has 0 saturated carbocycles. The van der Waals surface area contributed by atoms with Crippen molar-refractivity contribution in [3.05, 3.63) is 158 Å². The minimum atomic E-state index is 1.17.